The zero-order chi connectivity index (χ0) is 44.1. The molecule has 4 aromatic rings. The number of benzene rings is 3. The maximum atomic E-state index is 17.3. The molecule has 1 aliphatic heterocycles. The molecule has 1 unspecified atom stereocenters. The van der Waals surface area contributed by atoms with Gasteiger partial charge in [-0.2, -0.15) is 0 Å². The first-order valence-corrected chi connectivity index (χ1v) is 24.6. The molecular formula is C50H58FN3O7Si. The van der Waals surface area contributed by atoms with Crippen LogP contribution in [0.3, 0.4) is 0 Å². The Bertz CT molecular complexity index is 2400. The van der Waals surface area contributed by atoms with Gasteiger partial charge in [0.15, 0.2) is 25.5 Å². The summed E-state index contributed by atoms with van der Waals surface area (Å²) in [6.07, 6.45) is 5.50. The first kappa shape index (κ1) is 43.5. The van der Waals surface area contributed by atoms with E-state index in [0.717, 1.165) is 30.5 Å². The zero-order valence-electron chi connectivity index (χ0n) is 36.7. The van der Waals surface area contributed by atoms with E-state index in [9.17, 15) is 5.11 Å². The van der Waals surface area contributed by atoms with Crippen molar-refractivity contribution in [1.29, 1.82) is 0 Å². The van der Waals surface area contributed by atoms with Crippen molar-refractivity contribution in [3.63, 3.8) is 0 Å². The van der Waals surface area contributed by atoms with Gasteiger partial charge in [-0.3, -0.25) is 19.4 Å². The van der Waals surface area contributed by atoms with Crippen molar-refractivity contribution in [2.45, 2.75) is 95.5 Å². The van der Waals surface area contributed by atoms with Gasteiger partial charge in [-0.1, -0.05) is 93.6 Å². The van der Waals surface area contributed by atoms with E-state index in [1.807, 2.05) is 80.8 Å². The fourth-order valence-electron chi connectivity index (χ4n) is 9.86. The van der Waals surface area contributed by atoms with E-state index in [-0.39, 0.29) is 71.8 Å². The minimum absolute atomic E-state index is 0.0315. The van der Waals surface area contributed by atoms with E-state index in [4.69, 9.17) is 18.4 Å². The van der Waals surface area contributed by atoms with Crippen molar-refractivity contribution in [2.75, 3.05) is 26.7 Å². The number of allylic oxidation sites excluding steroid dienone is 1. The van der Waals surface area contributed by atoms with Gasteiger partial charge >= 0.3 is 0 Å². The summed E-state index contributed by atoms with van der Waals surface area (Å²) in [6, 6.07) is 19.9. The molecule has 1 fully saturated rings. The predicted molar refractivity (Wildman–Crippen MR) is 238 cm³/mol. The molecule has 8 rings (SSSR count). The minimum atomic E-state index is -3.00. The number of nitrogens with zero attached hydrogens (tertiary/aromatic N) is 3. The number of halogens is 1. The molecule has 4 aliphatic rings. The van der Waals surface area contributed by atoms with Crippen molar-refractivity contribution in [1.82, 2.24) is 15.0 Å². The number of hydrogen-bond donors (Lipinski definition) is 1. The number of carbonyl (C=O) groups is 2. The van der Waals surface area contributed by atoms with Gasteiger partial charge in [0.2, 0.25) is 5.78 Å². The monoisotopic (exact) mass is 859 g/mol. The highest BCUT2D eigenvalue weighted by molar-refractivity contribution is 6.74. The second-order valence-corrected chi connectivity index (χ2v) is 23.5. The standard InChI is InChI=1S/C50H58FN3O7Si/c1-9-23-54(24-10-2)43-36-27-33-26-35-40(38(58-29-31-18-13-11-14-19-31)28-34(42(35)51)37-22-17-25-53(37)6)44(55)39(33)46(56)50(36,61-62(7,8)49(3,4)5)47(57)41-45(43)60-52-48(41)59-30-32-20-15-12-16-21-32/h9-16,18-21,28,33,36-37,43,56H,1-2,17,22-27,29-30H2,3-8H3/t33-,36-,37?,43-,50-/m0/s1. The molecule has 3 aliphatic carbocycles. The molecule has 0 radical (unpaired) electrons. The highest BCUT2D eigenvalue weighted by atomic mass is 28.4. The fraction of sp³-hybridized carbons (Fsp3) is 0.420. The van der Waals surface area contributed by atoms with E-state index < -0.39 is 60.0 Å². The van der Waals surface area contributed by atoms with Crippen molar-refractivity contribution in [3.8, 4) is 11.6 Å². The minimum Gasteiger partial charge on any atom is -0.508 e. The molecule has 1 aromatic heterocycles. The van der Waals surface area contributed by atoms with E-state index >= 15 is 14.0 Å². The Hall–Kier alpha value is -5.14. The van der Waals surface area contributed by atoms with Crippen LogP contribution in [0.1, 0.15) is 101 Å². The van der Waals surface area contributed by atoms with Crippen molar-refractivity contribution in [3.05, 3.63) is 148 Å². The maximum absolute atomic E-state index is 17.3. The molecule has 0 spiro atoms. The summed E-state index contributed by atoms with van der Waals surface area (Å²) in [5, 5.41) is 17.2. The Morgan fingerprint density at radius 2 is 1.63 bits per heavy atom. The second kappa shape index (κ2) is 16.9. The summed E-state index contributed by atoms with van der Waals surface area (Å²) in [6.45, 7) is 20.1. The molecule has 0 bridgehead atoms. The van der Waals surface area contributed by atoms with Crippen LogP contribution in [0, 0.1) is 17.7 Å². The summed E-state index contributed by atoms with van der Waals surface area (Å²) >= 11 is 0. The first-order valence-electron chi connectivity index (χ1n) is 21.7. The van der Waals surface area contributed by atoms with Gasteiger partial charge in [-0.05, 0) is 85.7 Å². The van der Waals surface area contributed by atoms with Crippen LogP contribution >= 0.6 is 0 Å². The molecule has 2 heterocycles. The van der Waals surface area contributed by atoms with Gasteiger partial charge in [0.25, 0.3) is 5.88 Å². The van der Waals surface area contributed by atoms with Crippen LogP contribution in [-0.4, -0.2) is 72.2 Å². The Kier molecular flexibility index (Phi) is 11.8. The molecule has 62 heavy (non-hydrogen) atoms. The van der Waals surface area contributed by atoms with Gasteiger partial charge in [0, 0.05) is 41.7 Å². The second-order valence-electron chi connectivity index (χ2n) is 18.8. The van der Waals surface area contributed by atoms with Crippen molar-refractivity contribution >= 4 is 19.9 Å². The molecule has 10 nitrogen and oxygen atoms in total. The summed E-state index contributed by atoms with van der Waals surface area (Å²) in [5.74, 6) is -3.04. The summed E-state index contributed by atoms with van der Waals surface area (Å²) in [7, 11) is -1.01. The first-order chi connectivity index (χ1) is 29.6. The topological polar surface area (TPSA) is 115 Å². The normalized spacial score (nSPS) is 23.7. The van der Waals surface area contributed by atoms with Crippen molar-refractivity contribution in [2.24, 2.45) is 11.8 Å². The van der Waals surface area contributed by atoms with Gasteiger partial charge in [0.05, 0.1) is 11.6 Å². The van der Waals surface area contributed by atoms with Crippen LogP contribution < -0.4 is 9.47 Å². The number of aliphatic hydroxyl groups is 1. The third-order valence-corrected chi connectivity index (χ3v) is 18.4. The number of carbonyl (C=O) groups excluding carboxylic acids is 2. The quantitative estimate of drug-likeness (QED) is 0.0971. The zero-order valence-corrected chi connectivity index (χ0v) is 37.7. The molecule has 0 amide bonds. The number of hydrogen-bond acceptors (Lipinski definition) is 10. The average molecular weight is 860 g/mol. The lowest BCUT2D eigenvalue weighted by Gasteiger charge is -2.55. The number of likely N-dealkylation sites (tertiary alicyclic amines) is 1. The molecular weight excluding hydrogens is 802 g/mol. The number of ketones is 2. The average Bonchev–Trinajstić information content (AvgIpc) is 3.87. The van der Waals surface area contributed by atoms with Gasteiger partial charge in [0.1, 0.15) is 36.1 Å². The third kappa shape index (κ3) is 7.38. The highest BCUT2D eigenvalue weighted by Gasteiger charge is 2.67. The lowest BCUT2D eigenvalue weighted by atomic mass is 9.58. The van der Waals surface area contributed by atoms with Crippen LogP contribution in [0.5, 0.6) is 11.6 Å². The highest BCUT2D eigenvalue weighted by Crippen LogP contribution is 2.60. The lowest BCUT2D eigenvalue weighted by Crippen LogP contribution is -2.65. The maximum Gasteiger partial charge on any atom is 0.265 e. The van der Waals surface area contributed by atoms with Crippen LogP contribution in [0.4, 0.5) is 4.39 Å². The number of ether oxygens (including phenoxy) is 2. The Morgan fingerprint density at radius 3 is 2.21 bits per heavy atom. The number of rotatable bonds is 14. The van der Waals surface area contributed by atoms with Crippen LogP contribution in [0.2, 0.25) is 18.1 Å². The van der Waals surface area contributed by atoms with Crippen LogP contribution in [-0.2, 0) is 24.1 Å². The molecule has 1 saturated heterocycles. The molecule has 3 aromatic carbocycles. The Morgan fingerprint density at radius 1 is 1.00 bits per heavy atom. The fourth-order valence-corrected chi connectivity index (χ4v) is 11.3. The third-order valence-electron chi connectivity index (χ3n) is 13.9. The van der Waals surface area contributed by atoms with E-state index in [1.165, 1.54) is 0 Å². The summed E-state index contributed by atoms with van der Waals surface area (Å²) in [4.78, 5) is 35.5. The van der Waals surface area contributed by atoms with Crippen LogP contribution in [0.25, 0.3) is 0 Å². The van der Waals surface area contributed by atoms with Crippen molar-refractivity contribution < 1.29 is 37.5 Å². The van der Waals surface area contributed by atoms with E-state index in [0.29, 0.717) is 18.7 Å². The predicted octanol–water partition coefficient (Wildman–Crippen LogP) is 10.3. The van der Waals surface area contributed by atoms with Gasteiger partial charge < -0.3 is 23.5 Å². The SMILES string of the molecule is C=CCN(CC=C)[C@@H]1c2onc(OCc3ccccc3)c2C(=O)[C@@]2(O[Si](C)(C)C(C)(C)C)C(O)=C3C(=O)c4c(OCc5ccccc5)cc(C5CCCN5C)c(F)c4C[C@H]3C[C@@H]12. The lowest BCUT2D eigenvalue weighted by molar-refractivity contribution is -0.0525. The molecule has 1 N–H and O–H groups in total. The molecule has 326 valence electrons. The van der Waals surface area contributed by atoms with E-state index in [1.54, 1.807) is 18.2 Å². The number of aromatic nitrogens is 1. The summed E-state index contributed by atoms with van der Waals surface area (Å²) in [5.41, 5.74) is 0.590. The number of Topliss-reactive ketones (excluding diaryl/α,β-unsaturated/α-hetero) is 2. The Labute approximate surface area is 365 Å². The summed E-state index contributed by atoms with van der Waals surface area (Å²) < 4.78 is 43.7. The van der Waals surface area contributed by atoms with Gasteiger partial charge in [-0.15, -0.1) is 13.2 Å². The Balaban J connectivity index is 1.35. The van der Waals surface area contributed by atoms with Crippen LogP contribution in [0.15, 0.2) is 108 Å². The van der Waals surface area contributed by atoms with E-state index in [2.05, 4.69) is 48.9 Å². The van der Waals surface area contributed by atoms with Gasteiger partial charge in [-0.25, -0.2) is 4.39 Å². The largest absolute Gasteiger partial charge is 0.508 e. The molecule has 0 saturated carbocycles. The number of fused-ring (bicyclic) bond motifs is 4. The molecule has 5 atom stereocenters. The molecule has 12 heteroatoms. The number of aliphatic hydroxyl groups excluding tert-OH is 1. The smallest absolute Gasteiger partial charge is 0.265 e.